The zero-order chi connectivity index (χ0) is 22.6. The molecule has 0 aliphatic heterocycles. The summed E-state index contributed by atoms with van der Waals surface area (Å²) >= 11 is 6.63. The third-order valence-electron chi connectivity index (χ3n) is 6.00. The van der Waals surface area contributed by atoms with E-state index in [9.17, 15) is 9.59 Å². The van der Waals surface area contributed by atoms with Gasteiger partial charge in [0.15, 0.2) is 5.60 Å². The first-order chi connectivity index (χ1) is 15.5. The molecule has 1 saturated carbocycles. The Morgan fingerprint density at radius 2 is 1.44 bits per heavy atom. The molecule has 1 aliphatic rings. The van der Waals surface area contributed by atoms with E-state index in [4.69, 9.17) is 21.1 Å². The van der Waals surface area contributed by atoms with Crippen molar-refractivity contribution in [2.24, 2.45) is 5.92 Å². The van der Waals surface area contributed by atoms with E-state index < -0.39 is 17.7 Å². The van der Waals surface area contributed by atoms with Crippen LogP contribution in [0.15, 0.2) is 78.9 Å². The summed E-state index contributed by atoms with van der Waals surface area (Å²) in [7, 11) is 0. The number of aryl methyl sites for hydroxylation is 1. The highest BCUT2D eigenvalue weighted by Gasteiger charge is 2.43. The largest absolute Gasteiger partial charge is 0.517 e. The van der Waals surface area contributed by atoms with E-state index in [1.807, 2.05) is 79.7 Å². The van der Waals surface area contributed by atoms with Crippen molar-refractivity contribution >= 4 is 23.7 Å². The summed E-state index contributed by atoms with van der Waals surface area (Å²) < 4.78 is 11.3. The van der Waals surface area contributed by atoms with Crippen molar-refractivity contribution < 1.29 is 19.1 Å². The molecule has 0 heterocycles. The normalized spacial score (nSPS) is 15.7. The summed E-state index contributed by atoms with van der Waals surface area (Å²) in [6.07, 6.45) is 2.36. The maximum atomic E-state index is 13.0. The van der Waals surface area contributed by atoms with Gasteiger partial charge in [-0.1, -0.05) is 103 Å². The van der Waals surface area contributed by atoms with Gasteiger partial charge in [-0.25, -0.2) is 4.79 Å². The second-order valence-corrected chi connectivity index (χ2v) is 8.55. The van der Waals surface area contributed by atoms with Gasteiger partial charge in [0.2, 0.25) is 0 Å². The summed E-state index contributed by atoms with van der Waals surface area (Å²) in [5.74, 6) is -0.786. The third-order valence-corrected chi connectivity index (χ3v) is 6.33. The van der Waals surface area contributed by atoms with Crippen molar-refractivity contribution in [1.82, 2.24) is 0 Å². The summed E-state index contributed by atoms with van der Waals surface area (Å²) in [6.45, 7) is 1.98. The predicted molar refractivity (Wildman–Crippen MR) is 123 cm³/mol. The topological polar surface area (TPSA) is 52.6 Å². The minimum absolute atomic E-state index is 0.256. The Balaban J connectivity index is 1.82. The zero-order valence-electron chi connectivity index (χ0n) is 17.9. The molecule has 1 aliphatic carbocycles. The van der Waals surface area contributed by atoms with Gasteiger partial charge in [0.25, 0.3) is 0 Å². The number of hydrogen-bond acceptors (Lipinski definition) is 4. The molecule has 4 rings (SSSR count). The molecule has 1 unspecified atom stereocenters. The fourth-order valence-electron chi connectivity index (χ4n) is 4.33. The lowest BCUT2D eigenvalue weighted by molar-refractivity contribution is -0.145. The lowest BCUT2D eigenvalue weighted by Crippen LogP contribution is -2.37. The summed E-state index contributed by atoms with van der Waals surface area (Å²) in [5, 5.41) is 0.437. The number of carbonyl (C=O) groups excluding carboxylic acids is 2. The Labute approximate surface area is 193 Å². The second-order valence-electron chi connectivity index (χ2n) is 8.15. The maximum Gasteiger partial charge on any atom is 0.517 e. The van der Waals surface area contributed by atoms with Crippen LogP contribution in [0.1, 0.15) is 47.9 Å². The summed E-state index contributed by atoms with van der Waals surface area (Å²) in [6, 6.07) is 24.3. The van der Waals surface area contributed by atoms with Crippen LogP contribution in [0, 0.1) is 12.8 Å². The molecule has 0 aromatic heterocycles. The van der Waals surface area contributed by atoms with Crippen LogP contribution < -0.4 is 0 Å². The standard InChI is InChI=1S/C27H25ClO4/c1-19-15-17-22(18-16-19)27(21-11-3-2-4-12-21,23-13-7-8-14-24(23)28)32-26(30)31-25(29)20-9-5-6-10-20/h2-4,7-8,11-18,20H,5-6,9-10H2,1H3. The van der Waals surface area contributed by atoms with Crippen LogP contribution in [-0.2, 0) is 19.9 Å². The summed E-state index contributed by atoms with van der Waals surface area (Å²) in [5.41, 5.74) is 1.66. The first-order valence-corrected chi connectivity index (χ1v) is 11.2. The van der Waals surface area contributed by atoms with Crippen molar-refractivity contribution in [3.63, 3.8) is 0 Å². The van der Waals surface area contributed by atoms with Gasteiger partial charge in [-0.15, -0.1) is 0 Å². The van der Waals surface area contributed by atoms with E-state index in [1.165, 1.54) is 0 Å². The number of carbonyl (C=O) groups is 2. The number of benzene rings is 3. The van der Waals surface area contributed by atoms with Crippen LogP contribution in [-0.4, -0.2) is 12.1 Å². The van der Waals surface area contributed by atoms with Gasteiger partial charge < -0.3 is 9.47 Å². The monoisotopic (exact) mass is 448 g/mol. The zero-order valence-corrected chi connectivity index (χ0v) is 18.7. The van der Waals surface area contributed by atoms with Crippen LogP contribution in [0.2, 0.25) is 5.02 Å². The molecule has 32 heavy (non-hydrogen) atoms. The molecule has 5 heteroatoms. The van der Waals surface area contributed by atoms with Crippen molar-refractivity contribution in [3.05, 3.63) is 106 Å². The van der Waals surface area contributed by atoms with Gasteiger partial charge in [0.1, 0.15) is 0 Å². The Hall–Kier alpha value is -3.11. The van der Waals surface area contributed by atoms with Crippen LogP contribution in [0.25, 0.3) is 0 Å². The molecule has 0 N–H and O–H groups in total. The Bertz CT molecular complexity index is 1090. The first-order valence-electron chi connectivity index (χ1n) is 10.8. The number of ether oxygens (including phenoxy) is 2. The second kappa shape index (κ2) is 9.58. The molecule has 4 nitrogen and oxygen atoms in total. The van der Waals surface area contributed by atoms with Gasteiger partial charge in [0.05, 0.1) is 5.92 Å². The minimum Gasteiger partial charge on any atom is -0.412 e. The highest BCUT2D eigenvalue weighted by molar-refractivity contribution is 6.31. The van der Waals surface area contributed by atoms with Crippen LogP contribution >= 0.6 is 11.6 Å². The third kappa shape index (κ3) is 4.42. The molecule has 0 bridgehead atoms. The van der Waals surface area contributed by atoms with Crippen LogP contribution in [0.5, 0.6) is 0 Å². The molecule has 0 amide bonds. The Morgan fingerprint density at radius 3 is 2.09 bits per heavy atom. The van der Waals surface area contributed by atoms with E-state index in [2.05, 4.69) is 0 Å². The molecule has 3 aromatic rings. The molecule has 164 valence electrons. The van der Waals surface area contributed by atoms with Crippen molar-refractivity contribution in [3.8, 4) is 0 Å². The highest BCUT2D eigenvalue weighted by Crippen LogP contribution is 2.44. The number of halogens is 1. The van der Waals surface area contributed by atoms with Crippen LogP contribution in [0.4, 0.5) is 4.79 Å². The molecule has 3 aromatic carbocycles. The predicted octanol–water partition coefficient (Wildman–Crippen LogP) is 6.81. The SMILES string of the molecule is Cc1ccc(C(OC(=O)OC(=O)C2CCCC2)(c2ccccc2)c2ccccc2Cl)cc1. The molecule has 0 saturated heterocycles. The average Bonchev–Trinajstić information content (AvgIpc) is 3.34. The molecule has 1 atom stereocenters. The fourth-order valence-corrected chi connectivity index (χ4v) is 4.60. The van der Waals surface area contributed by atoms with E-state index in [-0.39, 0.29) is 5.92 Å². The van der Waals surface area contributed by atoms with E-state index in [1.54, 1.807) is 6.07 Å². The smallest absolute Gasteiger partial charge is 0.412 e. The first kappa shape index (κ1) is 22.1. The van der Waals surface area contributed by atoms with Gasteiger partial charge in [-0.2, -0.15) is 0 Å². The molecular weight excluding hydrogens is 424 g/mol. The quantitative estimate of drug-likeness (QED) is 0.244. The van der Waals surface area contributed by atoms with E-state index in [0.29, 0.717) is 21.7 Å². The Morgan fingerprint density at radius 1 is 0.844 bits per heavy atom. The van der Waals surface area contributed by atoms with Crippen LogP contribution in [0.3, 0.4) is 0 Å². The maximum absolute atomic E-state index is 13.0. The lowest BCUT2D eigenvalue weighted by Gasteiger charge is -2.35. The molecule has 0 radical (unpaired) electrons. The molecule has 0 spiro atoms. The van der Waals surface area contributed by atoms with Gasteiger partial charge in [-0.05, 0) is 25.8 Å². The highest BCUT2D eigenvalue weighted by atomic mass is 35.5. The fraction of sp³-hybridized carbons (Fsp3) is 0.259. The van der Waals surface area contributed by atoms with Gasteiger partial charge >= 0.3 is 12.1 Å². The average molecular weight is 449 g/mol. The van der Waals surface area contributed by atoms with E-state index >= 15 is 0 Å². The van der Waals surface area contributed by atoms with Gasteiger partial charge in [0, 0.05) is 21.7 Å². The minimum atomic E-state index is -1.39. The van der Waals surface area contributed by atoms with Crippen molar-refractivity contribution in [2.45, 2.75) is 38.2 Å². The van der Waals surface area contributed by atoms with Gasteiger partial charge in [-0.3, -0.25) is 4.79 Å². The lowest BCUT2D eigenvalue weighted by atomic mass is 9.80. The molecular formula is C27H25ClO4. The molecule has 1 fully saturated rings. The number of rotatable bonds is 5. The number of esters is 1. The summed E-state index contributed by atoms with van der Waals surface area (Å²) in [4.78, 5) is 25.5. The van der Waals surface area contributed by atoms with Crippen molar-refractivity contribution in [1.29, 1.82) is 0 Å². The Kier molecular flexibility index (Phi) is 6.61. The van der Waals surface area contributed by atoms with Crippen molar-refractivity contribution in [2.75, 3.05) is 0 Å². The van der Waals surface area contributed by atoms with E-state index in [0.717, 1.165) is 31.2 Å². The number of hydrogen-bond donors (Lipinski definition) is 0.